The predicted molar refractivity (Wildman–Crippen MR) is 82.4 cm³/mol. The summed E-state index contributed by atoms with van der Waals surface area (Å²) in [5, 5.41) is 11.8. The lowest BCUT2D eigenvalue weighted by Gasteiger charge is -2.35. The average Bonchev–Trinajstić information content (AvgIpc) is 2.64. The molecule has 1 aromatic heterocycles. The molecule has 12 heteroatoms. The summed E-state index contributed by atoms with van der Waals surface area (Å²) in [5.41, 5.74) is -7.07. The number of carbonyl (C=O) groups is 1. The van der Waals surface area contributed by atoms with Gasteiger partial charge in [-0.2, -0.15) is 35.1 Å². The first-order valence-electron chi connectivity index (χ1n) is 7.74. The van der Waals surface area contributed by atoms with Crippen LogP contribution in [0.5, 0.6) is 0 Å². The summed E-state index contributed by atoms with van der Waals surface area (Å²) in [6.07, 6.45) is -10.4. The van der Waals surface area contributed by atoms with Gasteiger partial charge in [0.15, 0.2) is 0 Å². The third-order valence-electron chi connectivity index (χ3n) is 3.90. The number of aliphatic hydroxyl groups is 1. The number of hydrogen-bond donors (Lipinski definition) is 2. The highest BCUT2D eigenvalue weighted by atomic mass is 19.4. The van der Waals surface area contributed by atoms with Crippen molar-refractivity contribution in [2.45, 2.75) is 30.4 Å². The van der Waals surface area contributed by atoms with E-state index in [0.29, 0.717) is 24.3 Å². The molecule has 1 heterocycles. The lowest BCUT2D eigenvalue weighted by molar-refractivity contribution is -0.337. The number of carbonyl (C=O) groups excluding carboxylic acids is 1. The fourth-order valence-corrected chi connectivity index (χ4v) is 2.39. The second-order valence-electron chi connectivity index (χ2n) is 5.86. The van der Waals surface area contributed by atoms with Crippen molar-refractivity contribution in [3.05, 3.63) is 65.5 Å². The Hall–Kier alpha value is -2.76. The topological polar surface area (TPSA) is 62.2 Å². The number of nitrogens with zero attached hydrogens (tertiary/aromatic N) is 1. The summed E-state index contributed by atoms with van der Waals surface area (Å²) in [5.74, 6) is -8.07. The molecular formula is C17H12F8N2O2. The molecule has 0 aliphatic carbocycles. The molecule has 2 N–H and O–H groups in total. The minimum Gasteiger partial charge on any atom is -0.370 e. The zero-order valence-corrected chi connectivity index (χ0v) is 14.2. The molecule has 1 amide bonds. The van der Waals surface area contributed by atoms with Crippen molar-refractivity contribution in [2.24, 2.45) is 0 Å². The number of hydrogen-bond acceptors (Lipinski definition) is 3. The van der Waals surface area contributed by atoms with Crippen molar-refractivity contribution >= 4 is 5.91 Å². The summed E-state index contributed by atoms with van der Waals surface area (Å²) in [4.78, 5) is 15.7. The van der Waals surface area contributed by atoms with E-state index in [1.54, 1.807) is 5.32 Å². The Bertz CT molecular complexity index is 868. The van der Waals surface area contributed by atoms with Crippen molar-refractivity contribution in [1.82, 2.24) is 10.3 Å². The number of rotatable bonds is 5. The molecule has 0 saturated heterocycles. The van der Waals surface area contributed by atoms with Gasteiger partial charge in [-0.3, -0.25) is 9.78 Å². The van der Waals surface area contributed by atoms with Crippen molar-refractivity contribution in [3.8, 4) is 0 Å². The van der Waals surface area contributed by atoms with E-state index in [2.05, 4.69) is 4.98 Å². The minimum absolute atomic E-state index is 0.473. The number of amides is 1. The summed E-state index contributed by atoms with van der Waals surface area (Å²) in [7, 11) is 0. The number of halogens is 8. The second-order valence-corrected chi connectivity index (χ2v) is 5.86. The summed E-state index contributed by atoms with van der Waals surface area (Å²) in [6.45, 7) is -0.939. The van der Waals surface area contributed by atoms with E-state index in [-0.39, 0.29) is 0 Å². The van der Waals surface area contributed by atoms with Crippen LogP contribution >= 0.6 is 0 Å². The zero-order chi connectivity index (χ0) is 22.1. The number of alkyl halides is 8. The van der Waals surface area contributed by atoms with E-state index < -0.39 is 53.1 Å². The third-order valence-corrected chi connectivity index (χ3v) is 3.90. The van der Waals surface area contributed by atoms with Gasteiger partial charge in [0.05, 0.1) is 17.8 Å². The van der Waals surface area contributed by atoms with Crippen LogP contribution in [-0.4, -0.2) is 28.1 Å². The summed E-state index contributed by atoms with van der Waals surface area (Å²) >= 11 is 0. The Kier molecular flexibility index (Phi) is 5.89. The van der Waals surface area contributed by atoms with Gasteiger partial charge < -0.3 is 10.4 Å². The molecule has 2 rings (SSSR count). The molecule has 2 aromatic rings. The van der Waals surface area contributed by atoms with Gasteiger partial charge in [-0.15, -0.1) is 0 Å². The van der Waals surface area contributed by atoms with Crippen LogP contribution < -0.4 is 5.32 Å². The normalized spacial score (nSPS) is 14.9. The third kappa shape index (κ3) is 4.31. The van der Waals surface area contributed by atoms with Crippen molar-refractivity contribution in [1.29, 1.82) is 0 Å². The number of benzene rings is 1. The first-order chi connectivity index (χ1) is 13.2. The molecular weight excluding hydrogens is 416 g/mol. The monoisotopic (exact) mass is 428 g/mol. The maximum absolute atomic E-state index is 14.1. The largest absolute Gasteiger partial charge is 0.457 e. The molecule has 1 atom stereocenters. The average molecular weight is 428 g/mol. The van der Waals surface area contributed by atoms with Crippen LogP contribution in [0, 0.1) is 0 Å². The Morgan fingerprint density at radius 1 is 0.931 bits per heavy atom. The van der Waals surface area contributed by atoms with E-state index in [0.717, 1.165) is 18.3 Å². The smallest absolute Gasteiger partial charge is 0.370 e. The van der Waals surface area contributed by atoms with E-state index in [9.17, 15) is 45.0 Å². The number of aromatic nitrogens is 1. The fraction of sp³-hybridized carbons (Fsp3) is 0.294. The molecule has 4 nitrogen and oxygen atoms in total. The van der Waals surface area contributed by atoms with Crippen LogP contribution in [-0.2, 0) is 23.1 Å². The SMILES string of the molecule is O=C(NCc1cc(C(F)(F)F)ccn1)[C@@](O)(c1ccccc1)C(F)(F)C(F)(F)F. The summed E-state index contributed by atoms with van der Waals surface area (Å²) in [6, 6.07) is 5.74. The molecule has 0 radical (unpaired) electrons. The van der Waals surface area contributed by atoms with E-state index in [1.165, 1.54) is 6.07 Å². The zero-order valence-electron chi connectivity index (χ0n) is 14.2. The molecule has 0 saturated carbocycles. The summed E-state index contributed by atoms with van der Waals surface area (Å²) < 4.78 is 105. The van der Waals surface area contributed by atoms with Crippen molar-refractivity contribution in [2.75, 3.05) is 0 Å². The highest BCUT2D eigenvalue weighted by Gasteiger charge is 2.73. The molecule has 29 heavy (non-hydrogen) atoms. The Balaban J connectivity index is 2.37. The van der Waals surface area contributed by atoms with Crippen molar-refractivity contribution < 1.29 is 45.0 Å². The maximum atomic E-state index is 14.1. The van der Waals surface area contributed by atoms with Crippen LogP contribution in [0.2, 0.25) is 0 Å². The Morgan fingerprint density at radius 3 is 2.03 bits per heavy atom. The molecule has 0 spiro atoms. The predicted octanol–water partition coefficient (Wildman–Crippen LogP) is 3.80. The molecule has 1 aromatic carbocycles. The Labute approximate surface area is 158 Å². The maximum Gasteiger partial charge on any atom is 0.457 e. The fourth-order valence-electron chi connectivity index (χ4n) is 2.39. The van der Waals surface area contributed by atoms with Gasteiger partial charge in [0.1, 0.15) is 0 Å². The highest BCUT2D eigenvalue weighted by molar-refractivity contribution is 5.87. The standard InChI is InChI=1S/C17H12F8N2O2/c18-15(19,20)11-6-7-26-12(8-11)9-27-13(28)14(29,10-4-2-1-3-5-10)16(21,22)17(23,24)25/h1-8,29H,9H2,(H,27,28)/t14-/m0/s1. The number of pyridine rings is 1. The van der Waals surface area contributed by atoms with Gasteiger partial charge >= 0.3 is 18.3 Å². The molecule has 0 aliphatic rings. The van der Waals surface area contributed by atoms with Gasteiger partial charge in [-0.05, 0) is 17.7 Å². The van der Waals surface area contributed by atoms with Crippen LogP contribution in [0.3, 0.4) is 0 Å². The highest BCUT2D eigenvalue weighted by Crippen LogP contribution is 2.48. The molecule has 158 valence electrons. The first kappa shape index (κ1) is 22.5. The van der Waals surface area contributed by atoms with Crippen LogP contribution in [0.15, 0.2) is 48.7 Å². The quantitative estimate of drug-likeness (QED) is 0.713. The van der Waals surface area contributed by atoms with Crippen LogP contribution in [0.1, 0.15) is 16.8 Å². The number of nitrogens with one attached hydrogen (secondary N) is 1. The van der Waals surface area contributed by atoms with E-state index in [1.807, 2.05) is 0 Å². The van der Waals surface area contributed by atoms with Gasteiger partial charge in [-0.25, -0.2) is 0 Å². The molecule has 0 unspecified atom stereocenters. The van der Waals surface area contributed by atoms with Crippen molar-refractivity contribution in [3.63, 3.8) is 0 Å². The molecule has 0 bridgehead atoms. The van der Waals surface area contributed by atoms with Gasteiger partial charge in [0.2, 0.25) is 5.60 Å². The molecule has 0 aliphatic heterocycles. The van der Waals surface area contributed by atoms with Gasteiger partial charge in [-0.1, -0.05) is 30.3 Å². The first-order valence-corrected chi connectivity index (χ1v) is 7.74. The van der Waals surface area contributed by atoms with Crippen LogP contribution in [0.25, 0.3) is 0 Å². The Morgan fingerprint density at radius 2 is 1.52 bits per heavy atom. The minimum atomic E-state index is -6.30. The lowest BCUT2D eigenvalue weighted by Crippen LogP contribution is -2.62. The van der Waals surface area contributed by atoms with Crippen LogP contribution in [0.4, 0.5) is 35.1 Å². The molecule has 0 fully saturated rings. The van der Waals surface area contributed by atoms with Gasteiger partial charge in [0, 0.05) is 6.20 Å². The van der Waals surface area contributed by atoms with E-state index in [4.69, 9.17) is 0 Å². The lowest BCUT2D eigenvalue weighted by atomic mass is 9.85. The van der Waals surface area contributed by atoms with E-state index >= 15 is 0 Å². The van der Waals surface area contributed by atoms with Gasteiger partial charge in [0.25, 0.3) is 5.91 Å². The second kappa shape index (κ2) is 7.58.